The Morgan fingerprint density at radius 1 is 1.20 bits per heavy atom. The predicted molar refractivity (Wildman–Crippen MR) is 127 cm³/mol. The molecule has 0 bridgehead atoms. The fraction of sp³-hybridized carbons (Fsp3) is 0.542. The van der Waals surface area contributed by atoms with Crippen LogP contribution >= 0.6 is 11.8 Å². The first-order valence-electron chi connectivity index (χ1n) is 10.7. The topological polar surface area (TPSA) is 58.1 Å². The minimum Gasteiger partial charge on any atom is -0.360 e. The van der Waals surface area contributed by atoms with Crippen LogP contribution in [0.25, 0.3) is 0 Å². The van der Waals surface area contributed by atoms with Gasteiger partial charge in [0.2, 0.25) is 0 Å². The number of hydrogen-bond donors (Lipinski definition) is 1. The summed E-state index contributed by atoms with van der Waals surface area (Å²) in [6, 6.07) is 9.90. The summed E-state index contributed by atoms with van der Waals surface area (Å²) < 4.78 is 0. The van der Waals surface area contributed by atoms with Crippen molar-refractivity contribution in [1.82, 2.24) is 15.3 Å². The van der Waals surface area contributed by atoms with Gasteiger partial charge in [0.05, 0.1) is 5.69 Å². The number of benzene rings is 1. The quantitative estimate of drug-likeness (QED) is 0.434. The highest BCUT2D eigenvalue weighted by Crippen LogP contribution is 2.28. The summed E-state index contributed by atoms with van der Waals surface area (Å²) in [4.78, 5) is 24.1. The molecule has 0 fully saturated rings. The van der Waals surface area contributed by atoms with Gasteiger partial charge in [0.25, 0.3) is 5.91 Å². The Morgan fingerprint density at radius 3 is 2.57 bits per heavy atom. The molecule has 1 heterocycles. The molecule has 0 atom stereocenters. The van der Waals surface area contributed by atoms with Crippen LogP contribution < -0.4 is 10.2 Å². The van der Waals surface area contributed by atoms with Gasteiger partial charge >= 0.3 is 0 Å². The Kier molecular flexibility index (Phi) is 8.71. The first-order chi connectivity index (χ1) is 14.1. The van der Waals surface area contributed by atoms with E-state index in [1.54, 1.807) is 11.8 Å². The first kappa shape index (κ1) is 24.2. The molecule has 0 aliphatic heterocycles. The molecule has 0 saturated heterocycles. The maximum Gasteiger partial charge on any atom is 0.251 e. The van der Waals surface area contributed by atoms with E-state index in [9.17, 15) is 4.79 Å². The third-order valence-electron chi connectivity index (χ3n) is 4.64. The van der Waals surface area contributed by atoms with Gasteiger partial charge in [-0.15, -0.1) is 0 Å². The molecule has 0 unspecified atom stereocenters. The third kappa shape index (κ3) is 7.31. The molecule has 2 rings (SSSR count). The summed E-state index contributed by atoms with van der Waals surface area (Å²) in [5.41, 5.74) is 2.78. The Bertz CT molecular complexity index is 845. The second kappa shape index (κ2) is 10.8. The smallest absolute Gasteiger partial charge is 0.251 e. The van der Waals surface area contributed by atoms with Crippen LogP contribution in [0.1, 0.15) is 69.6 Å². The molecule has 0 saturated carbocycles. The highest BCUT2D eigenvalue weighted by atomic mass is 32.2. The van der Waals surface area contributed by atoms with Gasteiger partial charge in [0, 0.05) is 42.9 Å². The standard InChI is InChI=1S/C24H36N4OS/c1-8-12-28(7)21-14-20(24(4,5)6)26-23(27-21)30-16-18-10-9-11-19(13-18)22(29)25-15-17(2)3/h9-11,13-14,17H,8,12,15-16H2,1-7H3,(H,25,29). The van der Waals surface area contributed by atoms with Crippen LogP contribution in [0.2, 0.25) is 0 Å². The average molecular weight is 429 g/mol. The van der Waals surface area contributed by atoms with E-state index < -0.39 is 0 Å². The first-order valence-corrected chi connectivity index (χ1v) is 11.7. The molecule has 1 aromatic heterocycles. The normalized spacial score (nSPS) is 11.6. The third-order valence-corrected chi connectivity index (χ3v) is 5.56. The Labute approximate surface area is 186 Å². The fourth-order valence-electron chi connectivity index (χ4n) is 2.86. The minimum absolute atomic E-state index is 0.0231. The van der Waals surface area contributed by atoms with Crippen molar-refractivity contribution in [2.75, 3.05) is 25.0 Å². The van der Waals surface area contributed by atoms with Crippen molar-refractivity contribution in [3.8, 4) is 0 Å². The van der Waals surface area contributed by atoms with E-state index in [1.165, 1.54) is 0 Å². The predicted octanol–water partition coefficient (Wildman–Crippen LogP) is 5.30. The van der Waals surface area contributed by atoms with E-state index in [-0.39, 0.29) is 11.3 Å². The lowest BCUT2D eigenvalue weighted by Crippen LogP contribution is -2.27. The summed E-state index contributed by atoms with van der Waals surface area (Å²) >= 11 is 1.61. The van der Waals surface area contributed by atoms with Gasteiger partial charge in [0.15, 0.2) is 5.16 Å². The highest BCUT2D eigenvalue weighted by molar-refractivity contribution is 7.98. The fourth-order valence-corrected chi connectivity index (χ4v) is 3.65. The Morgan fingerprint density at radius 2 is 1.93 bits per heavy atom. The van der Waals surface area contributed by atoms with Crippen molar-refractivity contribution in [2.24, 2.45) is 5.92 Å². The lowest BCUT2D eigenvalue weighted by molar-refractivity contribution is 0.0949. The van der Waals surface area contributed by atoms with Gasteiger partial charge in [0.1, 0.15) is 5.82 Å². The molecule has 164 valence electrons. The van der Waals surface area contributed by atoms with E-state index >= 15 is 0 Å². The summed E-state index contributed by atoms with van der Waals surface area (Å²) in [5.74, 6) is 2.08. The van der Waals surface area contributed by atoms with Gasteiger partial charge < -0.3 is 10.2 Å². The van der Waals surface area contributed by atoms with E-state index in [4.69, 9.17) is 9.97 Å². The number of anilines is 1. The van der Waals surface area contributed by atoms with Crippen molar-refractivity contribution in [3.05, 3.63) is 47.2 Å². The van der Waals surface area contributed by atoms with Gasteiger partial charge in [-0.1, -0.05) is 65.4 Å². The van der Waals surface area contributed by atoms with Crippen LogP contribution in [0.4, 0.5) is 5.82 Å². The van der Waals surface area contributed by atoms with E-state index in [2.05, 4.69) is 64.9 Å². The van der Waals surface area contributed by atoms with Gasteiger partial charge in [-0.2, -0.15) is 0 Å². The van der Waals surface area contributed by atoms with E-state index in [0.29, 0.717) is 18.0 Å². The van der Waals surface area contributed by atoms with Gasteiger partial charge in [-0.05, 0) is 30.0 Å². The average Bonchev–Trinajstić information content (AvgIpc) is 2.70. The van der Waals surface area contributed by atoms with Gasteiger partial charge in [-0.25, -0.2) is 9.97 Å². The summed E-state index contributed by atoms with van der Waals surface area (Å²) in [6.07, 6.45) is 1.07. The van der Waals surface area contributed by atoms with Gasteiger partial charge in [-0.3, -0.25) is 4.79 Å². The van der Waals surface area contributed by atoms with Crippen molar-refractivity contribution in [2.45, 2.75) is 64.3 Å². The zero-order valence-corrected chi connectivity index (χ0v) is 20.3. The summed E-state index contributed by atoms with van der Waals surface area (Å²) in [5, 5.41) is 3.75. The van der Waals surface area contributed by atoms with E-state index in [1.807, 2.05) is 24.3 Å². The molecule has 5 nitrogen and oxygen atoms in total. The summed E-state index contributed by atoms with van der Waals surface area (Å²) in [6.45, 7) is 14.5. The minimum atomic E-state index is -0.0471. The molecule has 0 aliphatic carbocycles. The van der Waals surface area contributed by atoms with Crippen LogP contribution in [0.5, 0.6) is 0 Å². The van der Waals surface area contributed by atoms with Crippen molar-refractivity contribution >= 4 is 23.5 Å². The SMILES string of the molecule is CCCN(C)c1cc(C(C)(C)C)nc(SCc2cccc(C(=O)NCC(C)C)c2)n1. The van der Waals surface area contributed by atoms with Crippen LogP contribution in [0.3, 0.4) is 0 Å². The molecule has 1 amide bonds. The number of amides is 1. The molecule has 30 heavy (non-hydrogen) atoms. The molecule has 0 spiro atoms. The monoisotopic (exact) mass is 428 g/mol. The largest absolute Gasteiger partial charge is 0.360 e. The Hall–Kier alpha value is -2.08. The molecule has 2 aromatic rings. The van der Waals surface area contributed by atoms with Crippen LogP contribution in [-0.4, -0.2) is 36.0 Å². The summed E-state index contributed by atoms with van der Waals surface area (Å²) in [7, 11) is 2.08. The molecule has 1 N–H and O–H groups in total. The number of hydrogen-bond acceptors (Lipinski definition) is 5. The second-order valence-electron chi connectivity index (χ2n) is 9.16. The van der Waals surface area contributed by atoms with Crippen LogP contribution in [-0.2, 0) is 11.2 Å². The molecular formula is C24H36N4OS. The zero-order chi connectivity index (χ0) is 22.3. The molecule has 6 heteroatoms. The lowest BCUT2D eigenvalue weighted by Gasteiger charge is -2.23. The zero-order valence-electron chi connectivity index (χ0n) is 19.5. The number of aromatic nitrogens is 2. The number of nitrogens with one attached hydrogen (secondary N) is 1. The molecule has 1 aromatic carbocycles. The number of rotatable bonds is 9. The van der Waals surface area contributed by atoms with Crippen molar-refractivity contribution < 1.29 is 4.79 Å². The van der Waals surface area contributed by atoms with Crippen molar-refractivity contribution in [3.63, 3.8) is 0 Å². The van der Waals surface area contributed by atoms with Crippen molar-refractivity contribution in [1.29, 1.82) is 0 Å². The number of carbonyl (C=O) groups excluding carboxylic acids is 1. The lowest BCUT2D eigenvalue weighted by atomic mass is 9.92. The highest BCUT2D eigenvalue weighted by Gasteiger charge is 2.19. The second-order valence-corrected chi connectivity index (χ2v) is 10.1. The number of thioether (sulfide) groups is 1. The number of nitrogens with zero attached hydrogens (tertiary/aromatic N) is 3. The Balaban J connectivity index is 2.17. The molecule has 0 aliphatic rings. The molecular weight excluding hydrogens is 392 g/mol. The van der Waals surface area contributed by atoms with Crippen LogP contribution in [0.15, 0.2) is 35.5 Å². The number of carbonyl (C=O) groups is 1. The molecule has 0 radical (unpaired) electrons. The maximum absolute atomic E-state index is 12.4. The van der Waals surface area contributed by atoms with E-state index in [0.717, 1.165) is 41.0 Å². The maximum atomic E-state index is 12.4. The van der Waals surface area contributed by atoms with Crippen LogP contribution in [0, 0.1) is 5.92 Å².